The summed E-state index contributed by atoms with van der Waals surface area (Å²) in [6, 6.07) is 11.7. The van der Waals surface area contributed by atoms with Gasteiger partial charge in [-0.25, -0.2) is 9.37 Å². The number of benzene rings is 1. The van der Waals surface area contributed by atoms with E-state index in [0.717, 1.165) is 43.2 Å². The van der Waals surface area contributed by atoms with E-state index < -0.39 is 0 Å². The fourth-order valence-electron chi connectivity index (χ4n) is 3.56. The first kappa shape index (κ1) is 17.4. The lowest BCUT2D eigenvalue weighted by Gasteiger charge is -2.33. The molecule has 4 nitrogen and oxygen atoms in total. The molecule has 3 heterocycles. The number of piperidine rings is 1. The van der Waals surface area contributed by atoms with Gasteiger partial charge in [-0.05, 0) is 37.6 Å². The summed E-state index contributed by atoms with van der Waals surface area (Å²) < 4.78 is 16.0. The highest BCUT2D eigenvalue weighted by Crippen LogP contribution is 2.18. The fraction of sp³-hybridized carbons (Fsp3) is 0.350. The summed E-state index contributed by atoms with van der Waals surface area (Å²) in [5, 5.41) is 6.67. The van der Waals surface area contributed by atoms with Gasteiger partial charge in [-0.3, -0.25) is 9.47 Å². The van der Waals surface area contributed by atoms with Crippen molar-refractivity contribution in [2.24, 2.45) is 0 Å². The third-order valence-electron chi connectivity index (χ3n) is 4.89. The molecule has 26 heavy (non-hydrogen) atoms. The monoisotopic (exact) mass is 370 g/mol. The molecule has 0 spiro atoms. The summed E-state index contributed by atoms with van der Waals surface area (Å²) in [6.45, 7) is 3.47. The normalized spacial score (nSPS) is 18.3. The van der Waals surface area contributed by atoms with Gasteiger partial charge >= 0.3 is 0 Å². The van der Waals surface area contributed by atoms with Crippen LogP contribution in [0.4, 0.5) is 4.39 Å². The van der Waals surface area contributed by atoms with Gasteiger partial charge in [0.2, 0.25) is 0 Å². The molecule has 4 rings (SSSR count). The van der Waals surface area contributed by atoms with Crippen molar-refractivity contribution in [2.75, 3.05) is 13.1 Å². The van der Waals surface area contributed by atoms with E-state index in [1.807, 2.05) is 23.7 Å². The molecule has 1 aliphatic heterocycles. The molecule has 0 radical (unpaired) electrons. The van der Waals surface area contributed by atoms with E-state index in [4.69, 9.17) is 0 Å². The summed E-state index contributed by atoms with van der Waals surface area (Å²) in [5.41, 5.74) is 2.00. The molecule has 1 unspecified atom stereocenters. The van der Waals surface area contributed by atoms with E-state index in [1.165, 1.54) is 5.69 Å². The van der Waals surface area contributed by atoms with Gasteiger partial charge in [0, 0.05) is 54.7 Å². The maximum Gasteiger partial charge on any atom is 0.193 e. The Morgan fingerprint density at radius 3 is 3.00 bits per heavy atom. The minimum atomic E-state index is -0.108. The summed E-state index contributed by atoms with van der Waals surface area (Å²) in [4.78, 5) is 6.74. The van der Waals surface area contributed by atoms with Crippen LogP contribution in [0, 0.1) is 5.82 Å². The molecule has 0 aliphatic carbocycles. The second-order valence-electron chi connectivity index (χ2n) is 6.73. The van der Waals surface area contributed by atoms with Crippen molar-refractivity contribution in [1.29, 1.82) is 0 Å². The number of hydrogen-bond donors (Lipinski definition) is 1. The number of halogens is 1. The average Bonchev–Trinajstić information content (AvgIpc) is 3.33. The Morgan fingerprint density at radius 2 is 2.15 bits per heavy atom. The predicted octanol–water partition coefficient (Wildman–Crippen LogP) is 3.83. The summed E-state index contributed by atoms with van der Waals surface area (Å²) in [7, 11) is 0. The van der Waals surface area contributed by atoms with Crippen LogP contribution in [0.1, 0.15) is 24.1 Å². The highest BCUT2D eigenvalue weighted by Gasteiger charge is 2.20. The lowest BCUT2D eigenvalue weighted by atomic mass is 10.0. The van der Waals surface area contributed by atoms with Crippen molar-refractivity contribution in [3.63, 3.8) is 0 Å². The van der Waals surface area contributed by atoms with Gasteiger partial charge in [0.05, 0.1) is 0 Å². The molecule has 3 aromatic rings. The van der Waals surface area contributed by atoms with Crippen LogP contribution in [0.2, 0.25) is 0 Å². The molecule has 6 heteroatoms. The quantitative estimate of drug-likeness (QED) is 0.716. The Morgan fingerprint density at radius 1 is 1.23 bits per heavy atom. The highest BCUT2D eigenvalue weighted by atomic mass is 32.1. The van der Waals surface area contributed by atoms with Crippen molar-refractivity contribution in [1.82, 2.24) is 19.8 Å². The Bertz CT molecular complexity index is 830. The number of nitrogens with one attached hydrogen (secondary N) is 1. The van der Waals surface area contributed by atoms with E-state index in [1.54, 1.807) is 23.5 Å². The van der Waals surface area contributed by atoms with Crippen LogP contribution in [0.25, 0.3) is 5.13 Å². The van der Waals surface area contributed by atoms with Crippen LogP contribution in [-0.2, 0) is 13.1 Å². The van der Waals surface area contributed by atoms with Crippen LogP contribution in [0.5, 0.6) is 0 Å². The topological polar surface area (TPSA) is 33.1 Å². The van der Waals surface area contributed by atoms with Crippen molar-refractivity contribution < 1.29 is 4.39 Å². The highest BCUT2D eigenvalue weighted by molar-refractivity contribution is 7.12. The number of rotatable bonds is 6. The van der Waals surface area contributed by atoms with Crippen LogP contribution in [0.15, 0.2) is 54.2 Å². The van der Waals surface area contributed by atoms with E-state index in [9.17, 15) is 4.39 Å². The number of thiazole rings is 1. The first-order valence-corrected chi connectivity index (χ1v) is 9.93. The van der Waals surface area contributed by atoms with E-state index in [2.05, 4.69) is 38.1 Å². The fourth-order valence-corrected chi connectivity index (χ4v) is 4.22. The van der Waals surface area contributed by atoms with Gasteiger partial charge in [0.25, 0.3) is 0 Å². The molecule has 136 valence electrons. The minimum Gasteiger partial charge on any atom is -0.307 e. The number of aromatic nitrogens is 2. The van der Waals surface area contributed by atoms with Crippen molar-refractivity contribution in [3.05, 3.63) is 71.2 Å². The van der Waals surface area contributed by atoms with Gasteiger partial charge in [0.15, 0.2) is 5.13 Å². The van der Waals surface area contributed by atoms with Crippen molar-refractivity contribution in [2.45, 2.75) is 32.0 Å². The standard InChI is InChI=1S/C20H23FN4S/c21-19-8-2-1-5-16(19)14-24-10-3-6-17(15-24)23-13-18-7-4-11-25(18)20-22-9-12-26-20/h1-2,4-5,7-9,11-12,17,23H,3,6,10,13-15H2. The molecule has 1 N–H and O–H groups in total. The van der Waals surface area contributed by atoms with Crippen LogP contribution in [0.3, 0.4) is 0 Å². The maximum absolute atomic E-state index is 13.9. The van der Waals surface area contributed by atoms with Crippen LogP contribution in [-0.4, -0.2) is 33.6 Å². The van der Waals surface area contributed by atoms with Gasteiger partial charge in [0.1, 0.15) is 5.82 Å². The number of nitrogens with zero attached hydrogens (tertiary/aromatic N) is 3. The van der Waals surface area contributed by atoms with Gasteiger partial charge in [-0.2, -0.15) is 0 Å². The zero-order valence-corrected chi connectivity index (χ0v) is 15.5. The molecular weight excluding hydrogens is 347 g/mol. The summed E-state index contributed by atoms with van der Waals surface area (Å²) in [5.74, 6) is -0.108. The predicted molar refractivity (Wildman–Crippen MR) is 103 cm³/mol. The molecular formula is C20H23FN4S. The second kappa shape index (κ2) is 8.12. The smallest absolute Gasteiger partial charge is 0.193 e. The van der Waals surface area contributed by atoms with E-state index >= 15 is 0 Å². The zero-order chi connectivity index (χ0) is 17.8. The molecule has 0 amide bonds. The zero-order valence-electron chi connectivity index (χ0n) is 14.6. The van der Waals surface area contributed by atoms with E-state index in [0.29, 0.717) is 12.6 Å². The molecule has 0 saturated carbocycles. The molecule has 1 aliphatic rings. The Kier molecular flexibility index (Phi) is 5.43. The van der Waals surface area contributed by atoms with Gasteiger partial charge < -0.3 is 5.32 Å². The first-order chi connectivity index (χ1) is 12.8. The Hall–Kier alpha value is -2.02. The average molecular weight is 370 g/mol. The number of hydrogen-bond acceptors (Lipinski definition) is 4. The second-order valence-corrected chi connectivity index (χ2v) is 7.60. The molecule has 2 aromatic heterocycles. The largest absolute Gasteiger partial charge is 0.307 e. The third-order valence-corrected chi connectivity index (χ3v) is 5.66. The SMILES string of the molecule is Fc1ccccc1CN1CCCC(NCc2cccn2-c2nccs2)C1. The Labute approximate surface area is 157 Å². The Balaban J connectivity index is 1.35. The molecule has 1 fully saturated rings. The lowest BCUT2D eigenvalue weighted by molar-refractivity contribution is 0.180. The minimum absolute atomic E-state index is 0.108. The molecule has 1 aromatic carbocycles. The molecule has 1 saturated heterocycles. The van der Waals surface area contributed by atoms with Gasteiger partial charge in [-0.1, -0.05) is 18.2 Å². The van der Waals surface area contributed by atoms with Gasteiger partial charge in [-0.15, -0.1) is 11.3 Å². The maximum atomic E-state index is 13.9. The van der Waals surface area contributed by atoms with Crippen molar-refractivity contribution in [3.8, 4) is 5.13 Å². The third kappa shape index (κ3) is 4.03. The van der Waals surface area contributed by atoms with Crippen molar-refractivity contribution >= 4 is 11.3 Å². The number of likely N-dealkylation sites (tertiary alicyclic amines) is 1. The molecule has 1 atom stereocenters. The first-order valence-electron chi connectivity index (χ1n) is 9.05. The summed E-state index contributed by atoms with van der Waals surface area (Å²) in [6.07, 6.45) is 6.19. The van der Waals surface area contributed by atoms with E-state index in [-0.39, 0.29) is 5.82 Å². The lowest BCUT2D eigenvalue weighted by Crippen LogP contribution is -2.45. The van der Waals surface area contributed by atoms with Crippen LogP contribution >= 0.6 is 11.3 Å². The van der Waals surface area contributed by atoms with Crippen LogP contribution < -0.4 is 5.32 Å². The summed E-state index contributed by atoms with van der Waals surface area (Å²) >= 11 is 1.64. The molecule has 0 bridgehead atoms.